The molecule has 2 aliphatic carbocycles. The van der Waals surface area contributed by atoms with Gasteiger partial charge in [-0.3, -0.25) is 4.79 Å². The molecule has 0 saturated heterocycles. The van der Waals surface area contributed by atoms with Gasteiger partial charge in [-0.2, -0.15) is 0 Å². The van der Waals surface area contributed by atoms with E-state index in [0.29, 0.717) is 11.8 Å². The molecule has 0 bridgehead atoms. The topological polar surface area (TPSA) is 17.1 Å². The molecule has 0 aromatic heterocycles. The Balaban J connectivity index is 2.02. The van der Waals surface area contributed by atoms with Gasteiger partial charge in [0.05, 0.1) is 0 Å². The van der Waals surface area contributed by atoms with Crippen molar-refractivity contribution in [2.75, 3.05) is 0 Å². The summed E-state index contributed by atoms with van der Waals surface area (Å²) in [6.45, 7) is 0. The fraction of sp³-hybridized carbons (Fsp3) is 0.235. The van der Waals surface area contributed by atoms with Crippen LogP contribution in [-0.4, -0.2) is 5.78 Å². The van der Waals surface area contributed by atoms with Crippen LogP contribution < -0.4 is 0 Å². The molecule has 2 unspecified atom stereocenters. The lowest BCUT2D eigenvalue weighted by Crippen LogP contribution is -2.21. The van der Waals surface area contributed by atoms with Crippen molar-refractivity contribution in [3.8, 4) is 0 Å². The third-order valence-corrected chi connectivity index (χ3v) is 4.48. The molecule has 4 rings (SSSR count). The van der Waals surface area contributed by atoms with Gasteiger partial charge in [0.2, 0.25) is 0 Å². The Labute approximate surface area is 106 Å². The van der Waals surface area contributed by atoms with E-state index in [9.17, 15) is 4.79 Å². The fourth-order valence-corrected chi connectivity index (χ4v) is 3.44. The van der Waals surface area contributed by atoms with Gasteiger partial charge in [0, 0.05) is 11.1 Å². The number of benzene rings is 2. The molecular weight excluding hydrogens is 220 g/mol. The van der Waals surface area contributed by atoms with Gasteiger partial charge in [-0.05, 0) is 35.8 Å². The van der Waals surface area contributed by atoms with Crippen molar-refractivity contribution >= 4 is 5.78 Å². The van der Waals surface area contributed by atoms with Crippen LogP contribution >= 0.6 is 0 Å². The molecule has 0 N–H and O–H groups in total. The van der Waals surface area contributed by atoms with Crippen molar-refractivity contribution in [3.63, 3.8) is 0 Å². The summed E-state index contributed by atoms with van der Waals surface area (Å²) < 4.78 is 0. The average Bonchev–Trinajstić information content (AvgIpc) is 2.44. The molecule has 18 heavy (non-hydrogen) atoms. The van der Waals surface area contributed by atoms with Crippen LogP contribution in [0.25, 0.3) is 0 Å². The molecule has 1 heteroatoms. The molecule has 2 atom stereocenters. The highest BCUT2D eigenvalue weighted by atomic mass is 16.1. The van der Waals surface area contributed by atoms with Crippen LogP contribution in [0.5, 0.6) is 0 Å². The van der Waals surface area contributed by atoms with E-state index in [4.69, 9.17) is 0 Å². The standard InChI is InChI=1S/C17H14O/c18-17-15-7-3-1-5-11(15)13-9-10-14(13)12-6-2-4-8-16(12)17/h1-8,13-14H,9-10H2. The van der Waals surface area contributed by atoms with Crippen LogP contribution in [0.1, 0.15) is 51.7 Å². The number of hydrogen-bond donors (Lipinski definition) is 0. The van der Waals surface area contributed by atoms with Crippen molar-refractivity contribution in [1.82, 2.24) is 0 Å². The summed E-state index contributed by atoms with van der Waals surface area (Å²) in [5, 5.41) is 0. The molecule has 88 valence electrons. The van der Waals surface area contributed by atoms with E-state index in [-0.39, 0.29) is 5.78 Å². The summed E-state index contributed by atoms with van der Waals surface area (Å²) in [5.41, 5.74) is 4.35. The van der Waals surface area contributed by atoms with E-state index < -0.39 is 0 Å². The van der Waals surface area contributed by atoms with E-state index in [1.165, 1.54) is 24.0 Å². The molecule has 0 radical (unpaired) electrons. The van der Waals surface area contributed by atoms with Crippen molar-refractivity contribution in [3.05, 3.63) is 70.8 Å². The summed E-state index contributed by atoms with van der Waals surface area (Å²) >= 11 is 0. The molecular formula is C17H14O. The van der Waals surface area contributed by atoms with Gasteiger partial charge in [0.25, 0.3) is 0 Å². The monoisotopic (exact) mass is 234 g/mol. The Morgan fingerprint density at radius 2 is 1.17 bits per heavy atom. The third kappa shape index (κ3) is 1.19. The lowest BCUT2D eigenvalue weighted by atomic mass is 9.67. The highest BCUT2D eigenvalue weighted by Crippen LogP contribution is 2.52. The van der Waals surface area contributed by atoms with Crippen LogP contribution in [0.15, 0.2) is 48.5 Å². The van der Waals surface area contributed by atoms with Crippen molar-refractivity contribution in [2.24, 2.45) is 0 Å². The summed E-state index contributed by atoms with van der Waals surface area (Å²) in [5.74, 6) is 1.30. The summed E-state index contributed by atoms with van der Waals surface area (Å²) in [4.78, 5) is 12.6. The predicted molar refractivity (Wildman–Crippen MR) is 71.0 cm³/mol. The zero-order chi connectivity index (χ0) is 12.1. The summed E-state index contributed by atoms with van der Waals surface area (Å²) in [6, 6.07) is 16.3. The average molecular weight is 234 g/mol. The molecule has 2 aliphatic rings. The van der Waals surface area contributed by atoms with Gasteiger partial charge in [-0.25, -0.2) is 0 Å². The molecule has 1 fully saturated rings. The first kappa shape index (κ1) is 10.1. The Kier molecular flexibility index (Phi) is 1.99. The fourth-order valence-electron chi connectivity index (χ4n) is 3.44. The minimum absolute atomic E-state index is 0.204. The Hall–Kier alpha value is -1.89. The lowest BCUT2D eigenvalue weighted by Gasteiger charge is -2.37. The third-order valence-electron chi connectivity index (χ3n) is 4.48. The van der Waals surface area contributed by atoms with Crippen LogP contribution in [0.4, 0.5) is 0 Å². The van der Waals surface area contributed by atoms with E-state index in [1.54, 1.807) is 0 Å². The highest BCUT2D eigenvalue weighted by Gasteiger charge is 2.39. The summed E-state index contributed by atoms with van der Waals surface area (Å²) in [6.07, 6.45) is 2.42. The maximum Gasteiger partial charge on any atom is 0.193 e. The second-order valence-electron chi connectivity index (χ2n) is 5.29. The molecule has 2 aromatic rings. The van der Waals surface area contributed by atoms with E-state index in [0.717, 1.165) is 11.1 Å². The Morgan fingerprint density at radius 3 is 1.61 bits per heavy atom. The van der Waals surface area contributed by atoms with Gasteiger partial charge in [0.15, 0.2) is 5.78 Å². The first-order valence-corrected chi connectivity index (χ1v) is 6.59. The van der Waals surface area contributed by atoms with Crippen LogP contribution in [0.2, 0.25) is 0 Å². The lowest BCUT2D eigenvalue weighted by molar-refractivity contribution is 0.103. The quantitative estimate of drug-likeness (QED) is 0.675. The number of hydrogen-bond acceptors (Lipinski definition) is 1. The largest absolute Gasteiger partial charge is 0.289 e. The number of carbonyl (C=O) groups excluding carboxylic acids is 1. The number of carbonyl (C=O) groups is 1. The molecule has 0 amide bonds. The second kappa shape index (κ2) is 3.55. The normalized spacial score (nSPS) is 24.3. The first-order chi connectivity index (χ1) is 8.86. The predicted octanol–water partition coefficient (Wildman–Crippen LogP) is 3.89. The zero-order valence-corrected chi connectivity index (χ0v) is 10.1. The number of ketones is 1. The van der Waals surface area contributed by atoms with Crippen molar-refractivity contribution in [2.45, 2.75) is 24.7 Å². The SMILES string of the molecule is O=C1c2ccccc2C2CCC2c2ccccc21. The van der Waals surface area contributed by atoms with E-state index in [2.05, 4.69) is 24.3 Å². The van der Waals surface area contributed by atoms with E-state index in [1.807, 2.05) is 24.3 Å². The first-order valence-electron chi connectivity index (χ1n) is 6.59. The summed E-state index contributed by atoms with van der Waals surface area (Å²) in [7, 11) is 0. The highest BCUT2D eigenvalue weighted by molar-refractivity contribution is 6.11. The zero-order valence-electron chi connectivity index (χ0n) is 10.1. The van der Waals surface area contributed by atoms with Crippen molar-refractivity contribution < 1.29 is 4.79 Å². The second-order valence-corrected chi connectivity index (χ2v) is 5.29. The smallest absolute Gasteiger partial charge is 0.193 e. The van der Waals surface area contributed by atoms with E-state index >= 15 is 0 Å². The molecule has 0 aliphatic heterocycles. The minimum Gasteiger partial charge on any atom is -0.289 e. The maximum atomic E-state index is 12.6. The van der Waals surface area contributed by atoms with Gasteiger partial charge < -0.3 is 0 Å². The molecule has 0 spiro atoms. The van der Waals surface area contributed by atoms with Gasteiger partial charge in [-0.15, -0.1) is 0 Å². The molecule has 1 nitrogen and oxygen atoms in total. The molecule has 1 saturated carbocycles. The Morgan fingerprint density at radius 1 is 0.722 bits per heavy atom. The van der Waals surface area contributed by atoms with Crippen LogP contribution in [0.3, 0.4) is 0 Å². The maximum absolute atomic E-state index is 12.6. The number of fused-ring (bicyclic) bond motifs is 5. The van der Waals surface area contributed by atoms with Gasteiger partial charge >= 0.3 is 0 Å². The van der Waals surface area contributed by atoms with Crippen LogP contribution in [-0.2, 0) is 0 Å². The molecule has 0 heterocycles. The Bertz CT molecular complexity index is 586. The minimum atomic E-state index is 0.204. The van der Waals surface area contributed by atoms with Gasteiger partial charge in [-0.1, -0.05) is 48.5 Å². The van der Waals surface area contributed by atoms with Gasteiger partial charge in [0.1, 0.15) is 0 Å². The molecule has 2 aromatic carbocycles. The van der Waals surface area contributed by atoms with Crippen molar-refractivity contribution in [1.29, 1.82) is 0 Å². The number of rotatable bonds is 0. The van der Waals surface area contributed by atoms with Crippen LogP contribution in [0, 0.1) is 0 Å².